The molecule has 2 rings (SSSR count). The fourth-order valence-electron chi connectivity index (χ4n) is 0.784. The number of aromatic amines is 1. The first-order chi connectivity index (χ1) is 4.88. The fourth-order valence-corrected chi connectivity index (χ4v) is 0.784. The Hall–Kier alpha value is -1.30. The van der Waals surface area contributed by atoms with E-state index in [9.17, 15) is 0 Å². The topological polar surface area (TPSA) is 80.5 Å². The zero-order valence-electron chi connectivity index (χ0n) is 5.48. The Labute approximate surface area is 69.5 Å². The number of hydrogen-bond acceptors (Lipinski definition) is 4. The monoisotopic (exact) mass is 167 g/mol. The molecule has 11 heavy (non-hydrogen) atoms. The van der Waals surface area contributed by atoms with Crippen LogP contribution in [-0.4, -0.2) is 19.9 Å². The van der Waals surface area contributed by atoms with Crippen LogP contribution in [0.3, 0.4) is 0 Å². The lowest BCUT2D eigenvalue weighted by molar-refractivity contribution is 1.21. The quantitative estimate of drug-likeness (QED) is 0.601. The number of H-pyrrole nitrogens is 1. The molecule has 0 saturated carbocycles. The minimum atomic E-state index is 0. The van der Waals surface area contributed by atoms with Crippen LogP contribution in [0.25, 0.3) is 11.2 Å². The van der Waals surface area contributed by atoms with Gasteiger partial charge in [0.05, 0.1) is 6.33 Å². The van der Waals surface area contributed by atoms with Crippen LogP contribution in [0.4, 0.5) is 5.82 Å². The lowest BCUT2D eigenvalue weighted by Crippen LogP contribution is -1.91. The van der Waals surface area contributed by atoms with Crippen molar-refractivity contribution in [3.05, 3.63) is 12.7 Å². The Morgan fingerprint density at radius 3 is 2.82 bits per heavy atom. The number of imidazole rings is 1. The molecule has 2 heterocycles. The number of nitrogen functional groups attached to an aromatic ring is 1. The van der Waals surface area contributed by atoms with Crippen molar-refractivity contribution in [1.82, 2.24) is 19.9 Å². The molecule has 2 aromatic rings. The number of hydrogen-bond donors (Lipinski definition) is 2. The largest absolute Gasteiger partial charge is 0.382 e. The SMILES string of the molecule is Nc1ncnc2nc[nH]c12.[S]. The molecule has 0 amide bonds. The van der Waals surface area contributed by atoms with Gasteiger partial charge >= 0.3 is 0 Å². The Morgan fingerprint density at radius 2 is 2.09 bits per heavy atom. The van der Waals surface area contributed by atoms with Crippen molar-refractivity contribution in [3.63, 3.8) is 0 Å². The zero-order valence-corrected chi connectivity index (χ0v) is 6.30. The summed E-state index contributed by atoms with van der Waals surface area (Å²) in [6.07, 6.45) is 2.92. The van der Waals surface area contributed by atoms with E-state index in [-0.39, 0.29) is 13.5 Å². The molecular formula is C5H5N5S. The summed E-state index contributed by atoms with van der Waals surface area (Å²) >= 11 is 0. The van der Waals surface area contributed by atoms with Crippen LogP contribution in [0, 0.1) is 0 Å². The van der Waals surface area contributed by atoms with Crippen molar-refractivity contribution in [3.8, 4) is 0 Å². The first kappa shape index (κ1) is 7.80. The van der Waals surface area contributed by atoms with Crippen molar-refractivity contribution in [2.75, 3.05) is 5.73 Å². The van der Waals surface area contributed by atoms with Crippen LogP contribution in [0.5, 0.6) is 0 Å². The van der Waals surface area contributed by atoms with Gasteiger partial charge in [-0.15, -0.1) is 0 Å². The summed E-state index contributed by atoms with van der Waals surface area (Å²) in [5.74, 6) is 0.433. The number of nitrogens with two attached hydrogens (primary N) is 1. The summed E-state index contributed by atoms with van der Waals surface area (Å²) in [5, 5.41) is 0. The highest BCUT2D eigenvalue weighted by atomic mass is 32.1. The van der Waals surface area contributed by atoms with Gasteiger partial charge < -0.3 is 10.7 Å². The van der Waals surface area contributed by atoms with E-state index in [0.29, 0.717) is 17.0 Å². The number of anilines is 1. The maximum Gasteiger partial charge on any atom is 0.182 e. The summed E-state index contributed by atoms with van der Waals surface area (Å²) in [4.78, 5) is 14.4. The van der Waals surface area contributed by atoms with E-state index in [1.54, 1.807) is 0 Å². The summed E-state index contributed by atoms with van der Waals surface area (Å²) in [6.45, 7) is 0. The average molecular weight is 167 g/mol. The fraction of sp³-hybridized carbons (Fsp3) is 0. The van der Waals surface area contributed by atoms with E-state index < -0.39 is 0 Å². The molecule has 56 valence electrons. The van der Waals surface area contributed by atoms with Crippen molar-refractivity contribution < 1.29 is 0 Å². The van der Waals surface area contributed by atoms with E-state index in [1.165, 1.54) is 12.7 Å². The van der Waals surface area contributed by atoms with E-state index in [4.69, 9.17) is 5.73 Å². The van der Waals surface area contributed by atoms with Gasteiger partial charge in [0.25, 0.3) is 0 Å². The van der Waals surface area contributed by atoms with Crippen molar-refractivity contribution in [2.24, 2.45) is 0 Å². The smallest absolute Gasteiger partial charge is 0.182 e. The number of nitrogens with one attached hydrogen (secondary N) is 1. The van der Waals surface area contributed by atoms with Gasteiger partial charge in [0.2, 0.25) is 0 Å². The number of fused-ring (bicyclic) bond motifs is 1. The van der Waals surface area contributed by atoms with E-state index in [2.05, 4.69) is 19.9 Å². The predicted molar refractivity (Wildman–Crippen MR) is 43.7 cm³/mol. The zero-order chi connectivity index (χ0) is 6.97. The molecule has 3 N–H and O–H groups in total. The Balaban J connectivity index is 0.000000605. The second-order valence-electron chi connectivity index (χ2n) is 1.86. The Bertz CT molecular complexity index is 356. The van der Waals surface area contributed by atoms with Crippen LogP contribution >= 0.6 is 13.5 Å². The predicted octanol–water partition coefficient (Wildman–Crippen LogP) is 0.583. The van der Waals surface area contributed by atoms with Crippen molar-refractivity contribution in [1.29, 1.82) is 0 Å². The first-order valence-corrected chi connectivity index (χ1v) is 2.77. The third-order valence-electron chi connectivity index (χ3n) is 1.25. The van der Waals surface area contributed by atoms with Crippen molar-refractivity contribution >= 4 is 30.5 Å². The summed E-state index contributed by atoms with van der Waals surface area (Å²) in [6, 6.07) is 0. The van der Waals surface area contributed by atoms with Gasteiger partial charge in [0, 0.05) is 13.5 Å². The lowest BCUT2D eigenvalue weighted by atomic mass is 10.5. The van der Waals surface area contributed by atoms with Gasteiger partial charge in [-0.05, 0) is 0 Å². The van der Waals surface area contributed by atoms with Crippen LogP contribution < -0.4 is 5.73 Å². The molecule has 0 atom stereocenters. The third kappa shape index (κ3) is 1.12. The third-order valence-corrected chi connectivity index (χ3v) is 1.25. The maximum atomic E-state index is 5.48. The van der Waals surface area contributed by atoms with E-state index in [0.717, 1.165) is 0 Å². The van der Waals surface area contributed by atoms with Gasteiger partial charge in [0.15, 0.2) is 11.5 Å². The summed E-state index contributed by atoms with van der Waals surface area (Å²) in [7, 11) is 0. The molecular weight excluding hydrogens is 162 g/mol. The van der Waals surface area contributed by atoms with Crippen LogP contribution in [0.2, 0.25) is 0 Å². The number of rotatable bonds is 0. The van der Waals surface area contributed by atoms with Gasteiger partial charge in [-0.25, -0.2) is 15.0 Å². The highest BCUT2D eigenvalue weighted by molar-refractivity contribution is 7.59. The average Bonchev–Trinajstić information content (AvgIpc) is 2.36. The molecule has 6 heteroatoms. The van der Waals surface area contributed by atoms with E-state index >= 15 is 0 Å². The molecule has 0 unspecified atom stereocenters. The minimum absolute atomic E-state index is 0. The second kappa shape index (κ2) is 2.75. The number of nitrogens with zero attached hydrogens (tertiary/aromatic N) is 3. The molecule has 2 aromatic heterocycles. The molecule has 0 aliphatic heterocycles. The number of aromatic nitrogens is 4. The molecule has 0 aromatic carbocycles. The Morgan fingerprint density at radius 1 is 1.27 bits per heavy atom. The molecule has 0 fully saturated rings. The van der Waals surface area contributed by atoms with Gasteiger partial charge in [0.1, 0.15) is 11.8 Å². The van der Waals surface area contributed by atoms with Crippen LogP contribution in [0.1, 0.15) is 0 Å². The van der Waals surface area contributed by atoms with Gasteiger partial charge in [-0.2, -0.15) is 0 Å². The maximum absolute atomic E-state index is 5.48. The molecule has 0 bridgehead atoms. The van der Waals surface area contributed by atoms with Gasteiger partial charge in [-0.1, -0.05) is 0 Å². The lowest BCUT2D eigenvalue weighted by Gasteiger charge is -1.89. The minimum Gasteiger partial charge on any atom is -0.382 e. The molecule has 2 radical (unpaired) electrons. The highest BCUT2D eigenvalue weighted by Crippen LogP contribution is 2.09. The molecule has 0 saturated heterocycles. The highest BCUT2D eigenvalue weighted by Gasteiger charge is 1.99. The van der Waals surface area contributed by atoms with Crippen molar-refractivity contribution in [2.45, 2.75) is 0 Å². The molecule has 0 spiro atoms. The normalized spacial score (nSPS) is 9.45. The molecule has 5 nitrogen and oxygen atoms in total. The second-order valence-corrected chi connectivity index (χ2v) is 1.86. The molecule has 0 aliphatic rings. The van der Waals surface area contributed by atoms with Crippen LogP contribution in [-0.2, 0) is 0 Å². The first-order valence-electron chi connectivity index (χ1n) is 2.77. The van der Waals surface area contributed by atoms with Crippen LogP contribution in [0.15, 0.2) is 12.7 Å². The summed E-state index contributed by atoms with van der Waals surface area (Å²) in [5.41, 5.74) is 6.78. The van der Waals surface area contributed by atoms with Gasteiger partial charge in [-0.3, -0.25) is 0 Å². The molecule has 0 aliphatic carbocycles. The summed E-state index contributed by atoms with van der Waals surface area (Å²) < 4.78 is 0. The Kier molecular flexibility index (Phi) is 1.95. The standard InChI is InChI=1S/C5H5N5.S/c6-4-3-5(9-1-7-3)10-2-8-4;/h1-2H,(H3,6,7,8,9,10);. The van der Waals surface area contributed by atoms with E-state index in [1.807, 2.05) is 0 Å².